The van der Waals surface area contributed by atoms with E-state index in [1.54, 1.807) is 12.1 Å². The van der Waals surface area contributed by atoms with Gasteiger partial charge in [0, 0.05) is 12.1 Å². The lowest BCUT2D eigenvalue weighted by atomic mass is 10.1. The number of carbonyl (C=O) groups is 1. The first-order chi connectivity index (χ1) is 11.3. The number of alkyl halides is 3. The van der Waals surface area contributed by atoms with Crippen LogP contribution in [-0.2, 0) is 11.0 Å². The highest BCUT2D eigenvalue weighted by Gasteiger charge is 2.45. The third-order valence-electron chi connectivity index (χ3n) is 3.92. The van der Waals surface area contributed by atoms with Crippen molar-refractivity contribution in [2.45, 2.75) is 18.5 Å². The van der Waals surface area contributed by atoms with Gasteiger partial charge in [0.1, 0.15) is 11.5 Å². The maximum absolute atomic E-state index is 13.7. The largest absolute Gasteiger partial charge is 0.417 e. The summed E-state index contributed by atoms with van der Waals surface area (Å²) in [6.45, 7) is 0. The number of carbonyl (C=O) groups excluding carboxylic acids is 1. The topological polar surface area (TPSA) is 62.0 Å². The summed E-state index contributed by atoms with van der Waals surface area (Å²) in [5.41, 5.74) is -2.00. The number of nitrogens with one attached hydrogen (secondary N) is 2. The number of halogens is 4. The van der Waals surface area contributed by atoms with Gasteiger partial charge in [0.2, 0.25) is 5.91 Å². The van der Waals surface area contributed by atoms with Crippen molar-refractivity contribution < 1.29 is 22.4 Å². The summed E-state index contributed by atoms with van der Waals surface area (Å²) in [4.78, 5) is 25.6. The van der Waals surface area contributed by atoms with E-state index in [2.05, 4.69) is 5.32 Å². The van der Waals surface area contributed by atoms with Crippen molar-refractivity contribution in [1.29, 1.82) is 0 Å². The normalized spacial score (nSPS) is 19.8. The molecule has 0 bridgehead atoms. The summed E-state index contributed by atoms with van der Waals surface area (Å²) in [6.07, 6.45) is -3.72. The van der Waals surface area contributed by atoms with Gasteiger partial charge >= 0.3 is 6.18 Å². The van der Waals surface area contributed by atoms with Gasteiger partial charge in [-0.05, 0) is 30.0 Å². The summed E-state index contributed by atoms with van der Waals surface area (Å²) >= 11 is 0. The van der Waals surface area contributed by atoms with Crippen molar-refractivity contribution >= 4 is 11.6 Å². The van der Waals surface area contributed by atoms with E-state index in [-0.39, 0.29) is 5.92 Å². The zero-order valence-corrected chi connectivity index (χ0v) is 12.2. The minimum absolute atomic E-state index is 0.337. The molecule has 0 spiro atoms. The van der Waals surface area contributed by atoms with Gasteiger partial charge < -0.3 is 10.3 Å². The van der Waals surface area contributed by atoms with Crippen LogP contribution in [0.1, 0.15) is 23.5 Å². The zero-order valence-electron chi connectivity index (χ0n) is 12.2. The molecule has 3 rings (SSSR count). The van der Waals surface area contributed by atoms with Crippen molar-refractivity contribution in [1.82, 2.24) is 4.98 Å². The average molecular weight is 340 g/mol. The van der Waals surface area contributed by atoms with Crippen LogP contribution in [0.5, 0.6) is 0 Å². The van der Waals surface area contributed by atoms with Gasteiger partial charge in [0.25, 0.3) is 5.56 Å². The maximum atomic E-state index is 13.7. The Hall–Kier alpha value is -2.64. The Morgan fingerprint density at radius 3 is 2.62 bits per heavy atom. The molecule has 1 aliphatic carbocycles. The first kappa shape index (κ1) is 16.2. The highest BCUT2D eigenvalue weighted by atomic mass is 19.4. The number of hydrogen-bond acceptors (Lipinski definition) is 2. The van der Waals surface area contributed by atoms with Crippen LogP contribution >= 0.6 is 0 Å². The zero-order chi connectivity index (χ0) is 17.5. The molecule has 1 heterocycles. The summed E-state index contributed by atoms with van der Waals surface area (Å²) in [5.74, 6) is -1.95. The summed E-state index contributed by atoms with van der Waals surface area (Å²) in [7, 11) is 0. The highest BCUT2D eigenvalue weighted by molar-refractivity contribution is 5.95. The Balaban J connectivity index is 1.75. The molecule has 2 atom stereocenters. The van der Waals surface area contributed by atoms with Crippen LogP contribution in [0.3, 0.4) is 0 Å². The van der Waals surface area contributed by atoms with Gasteiger partial charge in [0.15, 0.2) is 0 Å². The van der Waals surface area contributed by atoms with Gasteiger partial charge in [-0.1, -0.05) is 18.2 Å². The summed E-state index contributed by atoms with van der Waals surface area (Å²) < 4.78 is 51.7. The molecular formula is C16H12F4N2O2. The van der Waals surface area contributed by atoms with Crippen LogP contribution in [0.2, 0.25) is 0 Å². The number of aromatic amines is 1. The smallest absolute Gasteiger partial charge is 0.327 e. The minimum Gasteiger partial charge on any atom is -0.327 e. The number of anilines is 1. The van der Waals surface area contributed by atoms with E-state index in [4.69, 9.17) is 0 Å². The van der Waals surface area contributed by atoms with Gasteiger partial charge in [-0.3, -0.25) is 9.59 Å². The molecule has 1 aromatic heterocycles. The predicted molar refractivity (Wildman–Crippen MR) is 77.9 cm³/mol. The van der Waals surface area contributed by atoms with Crippen LogP contribution in [0.15, 0.2) is 41.3 Å². The molecule has 1 aliphatic rings. The van der Waals surface area contributed by atoms with Crippen LogP contribution in [0.4, 0.5) is 23.2 Å². The molecular weight excluding hydrogens is 328 g/mol. The van der Waals surface area contributed by atoms with Crippen LogP contribution in [-0.4, -0.2) is 10.9 Å². The Kier molecular flexibility index (Phi) is 3.90. The number of amides is 1. The Bertz CT molecular complexity index is 844. The second-order valence-corrected chi connectivity index (χ2v) is 5.59. The molecule has 24 heavy (non-hydrogen) atoms. The molecule has 1 amide bonds. The summed E-state index contributed by atoms with van der Waals surface area (Å²) in [5, 5.41) is 2.20. The monoisotopic (exact) mass is 340 g/mol. The van der Waals surface area contributed by atoms with E-state index in [1.165, 1.54) is 12.1 Å². The first-order valence-corrected chi connectivity index (χ1v) is 7.12. The molecule has 4 nitrogen and oxygen atoms in total. The lowest BCUT2D eigenvalue weighted by Crippen LogP contribution is -2.22. The quantitative estimate of drug-likeness (QED) is 0.843. The molecule has 0 aliphatic heterocycles. The molecule has 0 radical (unpaired) electrons. The predicted octanol–water partition coefficient (Wildman–Crippen LogP) is 3.28. The second kappa shape index (κ2) is 5.77. The number of pyridine rings is 1. The Morgan fingerprint density at radius 1 is 1.25 bits per heavy atom. The third-order valence-corrected chi connectivity index (χ3v) is 3.92. The molecule has 1 aromatic carbocycles. The van der Waals surface area contributed by atoms with Crippen molar-refractivity contribution in [3.63, 3.8) is 0 Å². The average Bonchev–Trinajstić information content (AvgIpc) is 3.29. The lowest BCUT2D eigenvalue weighted by Gasteiger charge is -2.09. The standard InChI is InChI=1S/C16H12F4N2O2/c17-12-4-2-1-3-9(12)10-6-11(10)14(23)22-13-5-8(16(18,19)20)7-21-15(13)24/h1-5,7,10-11H,6H2,(H,21,24)(H,22,23)/t10-,11-/m1/s1. The first-order valence-electron chi connectivity index (χ1n) is 7.12. The number of aromatic nitrogens is 1. The van der Waals surface area contributed by atoms with Crippen LogP contribution < -0.4 is 10.9 Å². The Labute approximate surface area is 133 Å². The molecule has 8 heteroatoms. The molecule has 1 fully saturated rings. The molecule has 126 valence electrons. The van der Waals surface area contributed by atoms with E-state index < -0.39 is 40.6 Å². The van der Waals surface area contributed by atoms with E-state index in [0.717, 1.165) is 0 Å². The highest BCUT2D eigenvalue weighted by Crippen LogP contribution is 2.48. The molecule has 2 N–H and O–H groups in total. The fourth-order valence-corrected chi connectivity index (χ4v) is 2.57. The van der Waals surface area contributed by atoms with Gasteiger partial charge in [0.05, 0.1) is 5.56 Å². The van der Waals surface area contributed by atoms with Crippen molar-refractivity contribution in [2.75, 3.05) is 5.32 Å². The van der Waals surface area contributed by atoms with Crippen molar-refractivity contribution in [2.24, 2.45) is 5.92 Å². The Morgan fingerprint density at radius 2 is 1.96 bits per heavy atom. The van der Waals surface area contributed by atoms with E-state index in [1.807, 2.05) is 4.98 Å². The number of benzene rings is 1. The van der Waals surface area contributed by atoms with Crippen LogP contribution in [0, 0.1) is 11.7 Å². The van der Waals surface area contributed by atoms with Crippen molar-refractivity contribution in [3.8, 4) is 0 Å². The van der Waals surface area contributed by atoms with E-state index >= 15 is 0 Å². The second-order valence-electron chi connectivity index (χ2n) is 5.59. The molecule has 0 unspecified atom stereocenters. The minimum atomic E-state index is -4.64. The number of rotatable bonds is 3. The van der Waals surface area contributed by atoms with E-state index in [9.17, 15) is 27.2 Å². The van der Waals surface area contributed by atoms with Gasteiger partial charge in [-0.15, -0.1) is 0 Å². The van der Waals surface area contributed by atoms with Crippen molar-refractivity contribution in [3.05, 3.63) is 63.8 Å². The fraction of sp³-hybridized carbons (Fsp3) is 0.250. The maximum Gasteiger partial charge on any atom is 0.417 e. The third kappa shape index (κ3) is 3.17. The number of H-pyrrole nitrogens is 1. The van der Waals surface area contributed by atoms with Crippen LogP contribution in [0.25, 0.3) is 0 Å². The molecule has 0 saturated heterocycles. The number of hydrogen-bond donors (Lipinski definition) is 2. The fourth-order valence-electron chi connectivity index (χ4n) is 2.57. The SMILES string of the molecule is O=C(Nc1cc(C(F)(F)F)c[nH]c1=O)[C@@H]1C[C@@H]1c1ccccc1F. The lowest BCUT2D eigenvalue weighted by molar-refractivity contribution is -0.137. The molecule has 2 aromatic rings. The van der Waals surface area contributed by atoms with Gasteiger partial charge in [-0.2, -0.15) is 13.2 Å². The van der Waals surface area contributed by atoms with Gasteiger partial charge in [-0.25, -0.2) is 4.39 Å². The summed E-state index contributed by atoms with van der Waals surface area (Å²) in [6, 6.07) is 6.59. The van der Waals surface area contributed by atoms with E-state index in [0.29, 0.717) is 24.2 Å². The molecule has 1 saturated carbocycles.